The molecule has 134 valence electrons. The SMILES string of the molecule is CC(=O)c1cccc(S(=O)(=O)N(CC(C)C)C2CCS(=O)(=O)C2)c1. The molecule has 1 atom stereocenters. The Labute approximate surface area is 143 Å². The first-order chi connectivity index (χ1) is 11.0. The number of Topliss-reactive ketones (excluding diaryl/α,β-unsaturated/α-hetero) is 1. The number of sulfonamides is 1. The van der Waals surface area contributed by atoms with Crippen LogP contribution in [-0.4, -0.2) is 51.0 Å². The van der Waals surface area contributed by atoms with Crippen LogP contribution in [0.2, 0.25) is 0 Å². The van der Waals surface area contributed by atoms with Crippen LogP contribution in [0.25, 0.3) is 0 Å². The van der Waals surface area contributed by atoms with Crippen molar-refractivity contribution in [3.8, 4) is 0 Å². The molecule has 1 aromatic rings. The second kappa shape index (κ2) is 6.93. The predicted octanol–water partition coefficient (Wildman–Crippen LogP) is 1.72. The fourth-order valence-corrected chi connectivity index (χ4v) is 6.51. The second-order valence-electron chi connectivity index (χ2n) is 6.61. The third-order valence-corrected chi connectivity index (χ3v) is 7.67. The van der Waals surface area contributed by atoms with Gasteiger partial charge in [0.25, 0.3) is 0 Å². The molecule has 1 saturated heterocycles. The number of rotatable bonds is 6. The maximum atomic E-state index is 13.1. The predicted molar refractivity (Wildman–Crippen MR) is 92.2 cm³/mol. The van der Waals surface area contributed by atoms with E-state index < -0.39 is 25.9 Å². The van der Waals surface area contributed by atoms with Gasteiger partial charge in [-0.25, -0.2) is 16.8 Å². The van der Waals surface area contributed by atoms with Gasteiger partial charge in [0.05, 0.1) is 16.4 Å². The van der Waals surface area contributed by atoms with E-state index in [2.05, 4.69) is 0 Å². The van der Waals surface area contributed by atoms with E-state index in [1.54, 1.807) is 6.07 Å². The molecule has 6 nitrogen and oxygen atoms in total. The van der Waals surface area contributed by atoms with Gasteiger partial charge in [-0.1, -0.05) is 26.0 Å². The van der Waals surface area contributed by atoms with Crippen molar-refractivity contribution in [3.63, 3.8) is 0 Å². The minimum atomic E-state index is -3.87. The molecule has 0 amide bonds. The monoisotopic (exact) mass is 373 g/mol. The Morgan fingerprint density at radius 3 is 2.50 bits per heavy atom. The Hall–Kier alpha value is -1.25. The summed E-state index contributed by atoms with van der Waals surface area (Å²) in [7, 11) is -7.07. The van der Waals surface area contributed by atoms with E-state index in [4.69, 9.17) is 0 Å². The van der Waals surface area contributed by atoms with Gasteiger partial charge < -0.3 is 0 Å². The molecule has 0 N–H and O–H groups in total. The lowest BCUT2D eigenvalue weighted by molar-refractivity contribution is 0.101. The van der Waals surface area contributed by atoms with Gasteiger partial charge in [0.15, 0.2) is 15.6 Å². The van der Waals surface area contributed by atoms with Crippen LogP contribution in [0, 0.1) is 5.92 Å². The Bertz CT molecular complexity index is 828. The van der Waals surface area contributed by atoms with Crippen molar-refractivity contribution in [1.82, 2.24) is 4.31 Å². The van der Waals surface area contributed by atoms with Crippen LogP contribution in [0.1, 0.15) is 37.6 Å². The van der Waals surface area contributed by atoms with E-state index in [-0.39, 0.29) is 34.6 Å². The molecule has 1 aromatic carbocycles. The standard InChI is InChI=1S/C16H23NO5S2/c1-12(2)10-17(15-7-8-23(19,20)11-15)24(21,22)16-6-4-5-14(9-16)13(3)18/h4-6,9,12,15H,7-8,10-11H2,1-3H3. The summed E-state index contributed by atoms with van der Waals surface area (Å²) in [5.74, 6) is -0.300. The summed E-state index contributed by atoms with van der Waals surface area (Å²) in [6.07, 6.45) is 0.306. The molecule has 1 heterocycles. The Morgan fingerprint density at radius 2 is 2.00 bits per heavy atom. The Morgan fingerprint density at radius 1 is 1.33 bits per heavy atom. The summed E-state index contributed by atoms with van der Waals surface area (Å²) in [5, 5.41) is 0. The van der Waals surface area contributed by atoms with Gasteiger partial charge in [-0.2, -0.15) is 4.31 Å². The van der Waals surface area contributed by atoms with E-state index in [9.17, 15) is 21.6 Å². The molecule has 1 unspecified atom stereocenters. The summed E-state index contributed by atoms with van der Waals surface area (Å²) >= 11 is 0. The first kappa shape index (κ1) is 19.1. The number of carbonyl (C=O) groups excluding carboxylic acids is 1. The summed E-state index contributed by atoms with van der Waals surface area (Å²) in [5.41, 5.74) is 0.319. The van der Waals surface area contributed by atoms with Crippen LogP contribution in [0.4, 0.5) is 0 Å². The molecular formula is C16H23NO5S2. The van der Waals surface area contributed by atoms with Gasteiger partial charge in [0.1, 0.15) is 0 Å². The maximum Gasteiger partial charge on any atom is 0.243 e. The lowest BCUT2D eigenvalue weighted by Crippen LogP contribution is -2.43. The quantitative estimate of drug-likeness (QED) is 0.709. The highest BCUT2D eigenvalue weighted by Gasteiger charge is 2.39. The third-order valence-electron chi connectivity index (χ3n) is 4.01. The van der Waals surface area contributed by atoms with Crippen LogP contribution in [-0.2, 0) is 19.9 Å². The van der Waals surface area contributed by atoms with Crippen molar-refractivity contribution in [2.45, 2.75) is 38.1 Å². The van der Waals surface area contributed by atoms with E-state index in [0.29, 0.717) is 12.0 Å². The maximum absolute atomic E-state index is 13.1. The van der Waals surface area contributed by atoms with Gasteiger partial charge >= 0.3 is 0 Å². The van der Waals surface area contributed by atoms with Crippen LogP contribution in [0.3, 0.4) is 0 Å². The van der Waals surface area contributed by atoms with Crippen LogP contribution >= 0.6 is 0 Å². The number of nitrogens with zero attached hydrogens (tertiary/aromatic N) is 1. The fraction of sp³-hybridized carbons (Fsp3) is 0.562. The number of sulfone groups is 1. The van der Waals surface area contributed by atoms with Crippen molar-refractivity contribution < 1.29 is 21.6 Å². The highest BCUT2D eigenvalue weighted by atomic mass is 32.2. The molecule has 0 saturated carbocycles. The lowest BCUT2D eigenvalue weighted by Gasteiger charge is -2.29. The summed E-state index contributed by atoms with van der Waals surface area (Å²) in [4.78, 5) is 11.6. The topological polar surface area (TPSA) is 88.6 Å². The zero-order valence-corrected chi connectivity index (χ0v) is 15.7. The van der Waals surface area contributed by atoms with Gasteiger partial charge in [-0.15, -0.1) is 0 Å². The molecule has 0 radical (unpaired) electrons. The minimum absolute atomic E-state index is 0.00919. The van der Waals surface area contributed by atoms with Gasteiger partial charge in [0.2, 0.25) is 10.0 Å². The van der Waals surface area contributed by atoms with Gasteiger partial charge in [-0.3, -0.25) is 4.79 Å². The highest BCUT2D eigenvalue weighted by molar-refractivity contribution is 7.92. The van der Waals surface area contributed by atoms with Crippen molar-refractivity contribution in [2.75, 3.05) is 18.1 Å². The van der Waals surface area contributed by atoms with Gasteiger partial charge in [-0.05, 0) is 31.4 Å². The summed E-state index contributed by atoms with van der Waals surface area (Å²) < 4.78 is 51.0. The number of carbonyl (C=O) groups is 1. The van der Waals surface area contributed by atoms with Gasteiger partial charge in [0, 0.05) is 18.2 Å². The largest absolute Gasteiger partial charge is 0.295 e. The third kappa shape index (κ3) is 4.23. The van der Waals surface area contributed by atoms with E-state index >= 15 is 0 Å². The second-order valence-corrected chi connectivity index (χ2v) is 10.7. The van der Waals surface area contributed by atoms with Crippen LogP contribution in [0.15, 0.2) is 29.2 Å². The molecule has 1 aliphatic heterocycles. The molecule has 0 aromatic heterocycles. The van der Waals surface area contributed by atoms with E-state index in [1.807, 2.05) is 13.8 Å². The van der Waals surface area contributed by atoms with Crippen molar-refractivity contribution >= 4 is 25.6 Å². The normalized spacial score (nSPS) is 20.6. The molecule has 1 aliphatic rings. The molecule has 0 aliphatic carbocycles. The summed E-state index contributed by atoms with van der Waals surface area (Å²) in [6.45, 7) is 5.39. The summed E-state index contributed by atoms with van der Waals surface area (Å²) in [6, 6.07) is 5.34. The number of hydrogen-bond donors (Lipinski definition) is 0. The average molecular weight is 373 g/mol. The molecule has 0 bridgehead atoms. The Balaban J connectivity index is 2.44. The first-order valence-corrected chi connectivity index (χ1v) is 11.1. The van der Waals surface area contributed by atoms with Crippen molar-refractivity contribution in [3.05, 3.63) is 29.8 Å². The molecule has 2 rings (SSSR count). The minimum Gasteiger partial charge on any atom is -0.295 e. The fourth-order valence-electron chi connectivity index (χ4n) is 2.82. The number of hydrogen-bond acceptors (Lipinski definition) is 5. The van der Waals surface area contributed by atoms with Crippen molar-refractivity contribution in [2.24, 2.45) is 5.92 Å². The Kier molecular flexibility index (Phi) is 5.51. The van der Waals surface area contributed by atoms with E-state index in [1.165, 1.54) is 29.4 Å². The van der Waals surface area contributed by atoms with E-state index in [0.717, 1.165) is 0 Å². The molecular weight excluding hydrogens is 350 g/mol. The zero-order chi connectivity index (χ0) is 18.1. The number of benzene rings is 1. The zero-order valence-electron chi connectivity index (χ0n) is 14.1. The molecule has 8 heteroatoms. The molecule has 1 fully saturated rings. The van der Waals surface area contributed by atoms with Crippen LogP contribution in [0.5, 0.6) is 0 Å². The van der Waals surface area contributed by atoms with Crippen molar-refractivity contribution in [1.29, 1.82) is 0 Å². The van der Waals surface area contributed by atoms with Crippen LogP contribution < -0.4 is 0 Å². The molecule has 0 spiro atoms. The highest BCUT2D eigenvalue weighted by Crippen LogP contribution is 2.26. The average Bonchev–Trinajstić information content (AvgIpc) is 2.84. The smallest absolute Gasteiger partial charge is 0.243 e. The first-order valence-electron chi connectivity index (χ1n) is 7.86. The molecule has 24 heavy (non-hydrogen) atoms. The number of ketones is 1. The lowest BCUT2D eigenvalue weighted by atomic mass is 10.2.